The van der Waals surface area contributed by atoms with Crippen LogP contribution >= 0.6 is 15.9 Å². The van der Waals surface area contributed by atoms with Crippen LogP contribution in [0.2, 0.25) is 0 Å². The minimum absolute atomic E-state index is 0.0294. The first-order valence-corrected chi connectivity index (χ1v) is 5.26. The Kier molecular flexibility index (Phi) is 2.52. The number of nitrogens with zero attached hydrogens (tertiary/aromatic N) is 1. The van der Waals surface area contributed by atoms with Crippen molar-refractivity contribution in [1.29, 1.82) is 0 Å². The standard InChI is InChI=1S/C11H10BrNO2/c1-13-6-5-7-3-4-8(15-2)10(12)9(7)11(13)14/h3-6H,1-2H3. The Bertz CT molecular complexity index is 575. The van der Waals surface area contributed by atoms with Crippen LogP contribution in [0.15, 0.2) is 33.7 Å². The minimum atomic E-state index is -0.0294. The molecule has 0 bridgehead atoms. The van der Waals surface area contributed by atoms with Gasteiger partial charge in [0.15, 0.2) is 0 Å². The number of rotatable bonds is 1. The summed E-state index contributed by atoms with van der Waals surface area (Å²) in [6.07, 6.45) is 1.75. The van der Waals surface area contributed by atoms with Crippen LogP contribution in [0.5, 0.6) is 5.75 Å². The zero-order chi connectivity index (χ0) is 11.0. The highest BCUT2D eigenvalue weighted by Crippen LogP contribution is 2.30. The minimum Gasteiger partial charge on any atom is -0.496 e. The van der Waals surface area contributed by atoms with E-state index in [-0.39, 0.29) is 5.56 Å². The van der Waals surface area contributed by atoms with Crippen molar-refractivity contribution in [3.05, 3.63) is 39.2 Å². The Balaban J connectivity index is 2.96. The van der Waals surface area contributed by atoms with Crippen molar-refractivity contribution in [1.82, 2.24) is 4.57 Å². The third-order valence-corrected chi connectivity index (χ3v) is 3.16. The maximum atomic E-state index is 11.9. The van der Waals surface area contributed by atoms with Gasteiger partial charge in [-0.25, -0.2) is 0 Å². The lowest BCUT2D eigenvalue weighted by Crippen LogP contribution is -2.16. The van der Waals surface area contributed by atoms with Gasteiger partial charge in [-0.15, -0.1) is 0 Å². The molecule has 78 valence electrons. The first-order chi connectivity index (χ1) is 7.15. The molecule has 2 aromatic rings. The summed E-state index contributed by atoms with van der Waals surface area (Å²) in [6, 6.07) is 5.62. The van der Waals surface area contributed by atoms with Crippen LogP contribution in [0.3, 0.4) is 0 Å². The van der Waals surface area contributed by atoms with Crippen LogP contribution in [0, 0.1) is 0 Å². The summed E-state index contributed by atoms with van der Waals surface area (Å²) in [6.45, 7) is 0. The summed E-state index contributed by atoms with van der Waals surface area (Å²) in [7, 11) is 3.31. The van der Waals surface area contributed by atoms with E-state index in [4.69, 9.17) is 4.74 Å². The number of hydrogen-bond acceptors (Lipinski definition) is 2. The van der Waals surface area contributed by atoms with Crippen LogP contribution in [-0.2, 0) is 7.05 Å². The van der Waals surface area contributed by atoms with Gasteiger partial charge < -0.3 is 9.30 Å². The van der Waals surface area contributed by atoms with E-state index in [0.717, 1.165) is 5.39 Å². The van der Waals surface area contributed by atoms with E-state index >= 15 is 0 Å². The fraction of sp³-hybridized carbons (Fsp3) is 0.182. The fourth-order valence-electron chi connectivity index (χ4n) is 1.52. The molecule has 0 amide bonds. The fourth-order valence-corrected chi connectivity index (χ4v) is 2.21. The lowest BCUT2D eigenvalue weighted by atomic mass is 10.1. The first-order valence-electron chi connectivity index (χ1n) is 4.47. The lowest BCUT2D eigenvalue weighted by Gasteiger charge is -2.07. The zero-order valence-corrected chi connectivity index (χ0v) is 10.0. The quantitative estimate of drug-likeness (QED) is 0.794. The van der Waals surface area contributed by atoms with Crippen molar-refractivity contribution in [2.24, 2.45) is 7.05 Å². The van der Waals surface area contributed by atoms with Gasteiger partial charge in [-0.05, 0) is 33.4 Å². The highest BCUT2D eigenvalue weighted by Gasteiger charge is 2.09. The second kappa shape index (κ2) is 3.70. The number of aromatic nitrogens is 1. The monoisotopic (exact) mass is 267 g/mol. The van der Waals surface area contributed by atoms with E-state index in [1.807, 2.05) is 18.2 Å². The number of hydrogen-bond donors (Lipinski definition) is 0. The van der Waals surface area contributed by atoms with Gasteiger partial charge >= 0.3 is 0 Å². The summed E-state index contributed by atoms with van der Waals surface area (Å²) in [5, 5.41) is 1.56. The first kappa shape index (κ1) is 10.2. The number of fused-ring (bicyclic) bond motifs is 1. The second-order valence-corrected chi connectivity index (χ2v) is 4.07. The summed E-state index contributed by atoms with van der Waals surface area (Å²) in [4.78, 5) is 11.9. The van der Waals surface area contributed by atoms with E-state index in [1.54, 1.807) is 24.9 Å². The van der Waals surface area contributed by atoms with E-state index < -0.39 is 0 Å². The van der Waals surface area contributed by atoms with Gasteiger partial charge in [0.2, 0.25) is 0 Å². The van der Waals surface area contributed by atoms with E-state index in [0.29, 0.717) is 15.6 Å². The molecule has 0 aliphatic rings. The van der Waals surface area contributed by atoms with E-state index in [9.17, 15) is 4.79 Å². The molecule has 0 unspecified atom stereocenters. The highest BCUT2D eigenvalue weighted by atomic mass is 79.9. The molecular formula is C11H10BrNO2. The molecule has 1 aromatic heterocycles. The van der Waals surface area contributed by atoms with Crippen molar-refractivity contribution in [3.63, 3.8) is 0 Å². The molecule has 15 heavy (non-hydrogen) atoms. The topological polar surface area (TPSA) is 31.2 Å². The summed E-state index contributed by atoms with van der Waals surface area (Å²) in [5.74, 6) is 0.672. The SMILES string of the molecule is COc1ccc2ccn(C)c(=O)c2c1Br. The number of ether oxygens (including phenoxy) is 1. The number of pyridine rings is 1. The number of halogens is 1. The van der Waals surface area contributed by atoms with Gasteiger partial charge in [-0.1, -0.05) is 6.07 Å². The number of methoxy groups -OCH3 is 1. The normalized spacial score (nSPS) is 10.6. The molecule has 0 aliphatic heterocycles. The molecule has 0 aliphatic carbocycles. The molecule has 0 radical (unpaired) electrons. The highest BCUT2D eigenvalue weighted by molar-refractivity contribution is 9.10. The molecule has 3 nitrogen and oxygen atoms in total. The van der Waals surface area contributed by atoms with Crippen molar-refractivity contribution in [3.8, 4) is 5.75 Å². The molecule has 0 atom stereocenters. The van der Waals surface area contributed by atoms with Gasteiger partial charge in [-0.2, -0.15) is 0 Å². The van der Waals surface area contributed by atoms with Crippen molar-refractivity contribution in [2.75, 3.05) is 7.11 Å². The largest absolute Gasteiger partial charge is 0.496 e. The second-order valence-electron chi connectivity index (χ2n) is 3.28. The van der Waals surface area contributed by atoms with Gasteiger partial charge in [0.1, 0.15) is 5.75 Å². The molecule has 0 saturated heterocycles. The maximum absolute atomic E-state index is 11.9. The third-order valence-electron chi connectivity index (χ3n) is 2.37. The predicted molar refractivity (Wildman–Crippen MR) is 63.4 cm³/mol. The Morgan fingerprint density at radius 3 is 2.73 bits per heavy atom. The Labute approximate surface area is 95.4 Å². The predicted octanol–water partition coefficient (Wildman–Crippen LogP) is 2.31. The van der Waals surface area contributed by atoms with Crippen LogP contribution in [0.4, 0.5) is 0 Å². The van der Waals surface area contributed by atoms with Crippen molar-refractivity contribution in [2.45, 2.75) is 0 Å². The smallest absolute Gasteiger partial charge is 0.259 e. The maximum Gasteiger partial charge on any atom is 0.259 e. The summed E-state index contributed by atoms with van der Waals surface area (Å²) in [5.41, 5.74) is -0.0294. The Morgan fingerprint density at radius 1 is 1.33 bits per heavy atom. The molecule has 1 heterocycles. The van der Waals surface area contributed by atoms with Crippen LogP contribution < -0.4 is 10.3 Å². The lowest BCUT2D eigenvalue weighted by molar-refractivity contribution is 0.413. The van der Waals surface area contributed by atoms with Crippen LogP contribution in [-0.4, -0.2) is 11.7 Å². The Morgan fingerprint density at radius 2 is 2.07 bits per heavy atom. The molecule has 0 fully saturated rings. The average Bonchev–Trinajstić information content (AvgIpc) is 2.24. The average molecular weight is 268 g/mol. The van der Waals surface area contributed by atoms with Gasteiger partial charge in [0.25, 0.3) is 5.56 Å². The zero-order valence-electron chi connectivity index (χ0n) is 8.45. The van der Waals surface area contributed by atoms with Crippen LogP contribution in [0.1, 0.15) is 0 Å². The van der Waals surface area contributed by atoms with Crippen molar-refractivity contribution >= 4 is 26.7 Å². The molecule has 2 rings (SSSR count). The number of benzene rings is 1. The van der Waals surface area contributed by atoms with Crippen molar-refractivity contribution < 1.29 is 4.74 Å². The van der Waals surface area contributed by atoms with Gasteiger partial charge in [0, 0.05) is 13.2 Å². The van der Waals surface area contributed by atoms with E-state index in [1.165, 1.54) is 0 Å². The molecule has 1 aromatic carbocycles. The summed E-state index contributed by atoms with van der Waals surface area (Å²) < 4.78 is 7.41. The van der Waals surface area contributed by atoms with Gasteiger partial charge in [0.05, 0.1) is 17.0 Å². The molecule has 4 heteroatoms. The molecule has 0 N–H and O–H groups in total. The Hall–Kier alpha value is -1.29. The molecule has 0 saturated carbocycles. The third kappa shape index (κ3) is 1.55. The van der Waals surface area contributed by atoms with Crippen LogP contribution in [0.25, 0.3) is 10.8 Å². The molecule has 0 spiro atoms. The number of aryl methyl sites for hydroxylation is 1. The van der Waals surface area contributed by atoms with Gasteiger partial charge in [-0.3, -0.25) is 4.79 Å². The van der Waals surface area contributed by atoms with E-state index in [2.05, 4.69) is 15.9 Å². The summed E-state index contributed by atoms with van der Waals surface area (Å²) >= 11 is 3.39. The molecular weight excluding hydrogens is 258 g/mol.